The number of nitrogens with zero attached hydrogens (tertiary/aromatic N) is 3. The van der Waals surface area contributed by atoms with Crippen LogP contribution in [0.5, 0.6) is 0 Å². The maximum atomic E-state index is 13.2. The average Bonchev–Trinajstić information content (AvgIpc) is 3.29. The zero-order valence-electron chi connectivity index (χ0n) is 19.4. The zero-order valence-corrected chi connectivity index (χ0v) is 21.0. The van der Waals surface area contributed by atoms with Crippen LogP contribution < -0.4 is 5.32 Å². The Labute approximate surface area is 204 Å². The van der Waals surface area contributed by atoms with E-state index in [9.17, 15) is 14.0 Å². The minimum absolute atomic E-state index is 0.0552. The molecule has 0 spiro atoms. The van der Waals surface area contributed by atoms with Gasteiger partial charge >= 0.3 is 0 Å². The molecule has 6 nitrogen and oxygen atoms in total. The number of likely N-dealkylation sites (tertiary alicyclic amines) is 1. The number of thiophene rings is 1. The fourth-order valence-corrected chi connectivity index (χ4v) is 5.46. The number of halogens is 2. The number of pyridine rings is 1. The topological polar surface area (TPSA) is 65.5 Å². The Bertz CT molecular complexity index is 925. The van der Waals surface area contributed by atoms with Crippen molar-refractivity contribution in [3.63, 3.8) is 0 Å². The highest BCUT2D eigenvalue weighted by molar-refractivity contribution is 7.07. The Morgan fingerprint density at radius 1 is 1.36 bits per heavy atom. The highest BCUT2D eigenvalue weighted by Crippen LogP contribution is 2.22. The maximum absolute atomic E-state index is 13.2. The molecule has 3 heterocycles. The molecule has 9 heteroatoms. The summed E-state index contributed by atoms with van der Waals surface area (Å²) >= 11 is 7.54. The van der Waals surface area contributed by atoms with Crippen LogP contribution in [0.15, 0.2) is 22.9 Å². The van der Waals surface area contributed by atoms with Gasteiger partial charge < -0.3 is 15.1 Å². The van der Waals surface area contributed by atoms with Gasteiger partial charge in [-0.15, -0.1) is 0 Å². The molecule has 1 aliphatic rings. The quantitative estimate of drug-likeness (QED) is 0.525. The van der Waals surface area contributed by atoms with Crippen molar-refractivity contribution in [1.82, 2.24) is 20.1 Å². The molecular weight excluding hydrogens is 463 g/mol. The van der Waals surface area contributed by atoms with Crippen molar-refractivity contribution in [2.45, 2.75) is 58.7 Å². The average molecular weight is 495 g/mol. The van der Waals surface area contributed by atoms with E-state index in [-0.39, 0.29) is 11.9 Å². The Morgan fingerprint density at radius 3 is 2.70 bits per heavy atom. The van der Waals surface area contributed by atoms with Gasteiger partial charge in [0.15, 0.2) is 6.67 Å². The number of alkyl halides is 1. The highest BCUT2D eigenvalue weighted by atomic mass is 35.5. The number of aromatic nitrogens is 1. The van der Waals surface area contributed by atoms with Gasteiger partial charge in [0.1, 0.15) is 5.15 Å². The number of hydrogen-bond donors (Lipinski definition) is 1. The van der Waals surface area contributed by atoms with Crippen molar-refractivity contribution < 1.29 is 14.0 Å². The number of carbonyl (C=O) groups is 2. The lowest BCUT2D eigenvalue weighted by Gasteiger charge is -2.40. The van der Waals surface area contributed by atoms with Gasteiger partial charge in [-0.05, 0) is 74.1 Å². The number of amides is 2. The van der Waals surface area contributed by atoms with E-state index in [1.807, 2.05) is 23.8 Å². The first kappa shape index (κ1) is 25.6. The molecule has 1 N–H and O–H groups in total. The van der Waals surface area contributed by atoms with E-state index in [0.717, 1.165) is 43.5 Å². The molecule has 2 aromatic rings. The number of carbonyl (C=O) groups excluding carboxylic acids is 2. The minimum Gasteiger partial charge on any atom is -0.352 e. The monoisotopic (exact) mass is 494 g/mol. The molecule has 1 atom stereocenters. The van der Waals surface area contributed by atoms with Crippen molar-refractivity contribution in [3.05, 3.63) is 50.4 Å². The fourth-order valence-electron chi connectivity index (χ4n) is 4.51. The molecule has 1 aliphatic heterocycles. The predicted molar refractivity (Wildman–Crippen MR) is 131 cm³/mol. The Balaban J connectivity index is 1.47. The number of hydrogen-bond acceptors (Lipinski definition) is 5. The summed E-state index contributed by atoms with van der Waals surface area (Å²) in [4.78, 5) is 33.1. The third-order valence-electron chi connectivity index (χ3n) is 6.37. The van der Waals surface area contributed by atoms with Crippen molar-refractivity contribution in [1.29, 1.82) is 0 Å². The molecule has 0 saturated carbocycles. The fraction of sp³-hybridized carbons (Fsp3) is 0.542. The molecule has 0 radical (unpaired) electrons. The molecule has 1 fully saturated rings. The zero-order chi connectivity index (χ0) is 24.0. The first-order valence-corrected chi connectivity index (χ1v) is 12.6. The van der Waals surface area contributed by atoms with Crippen LogP contribution in [0.3, 0.4) is 0 Å². The van der Waals surface area contributed by atoms with Crippen LogP contribution in [0.2, 0.25) is 5.15 Å². The van der Waals surface area contributed by atoms with E-state index in [1.54, 1.807) is 29.2 Å². The van der Waals surface area contributed by atoms with Gasteiger partial charge in [-0.3, -0.25) is 9.59 Å². The molecule has 0 unspecified atom stereocenters. The first-order valence-electron chi connectivity index (χ1n) is 11.3. The van der Waals surface area contributed by atoms with E-state index in [4.69, 9.17) is 11.6 Å². The third kappa shape index (κ3) is 6.74. The molecule has 3 rings (SSSR count). The second kappa shape index (κ2) is 11.9. The van der Waals surface area contributed by atoms with Crippen molar-refractivity contribution in [2.75, 3.05) is 26.3 Å². The highest BCUT2D eigenvalue weighted by Gasteiger charge is 2.29. The van der Waals surface area contributed by atoms with Crippen LogP contribution in [0, 0.1) is 13.8 Å². The van der Waals surface area contributed by atoms with E-state index < -0.39 is 12.6 Å². The van der Waals surface area contributed by atoms with E-state index in [0.29, 0.717) is 35.5 Å². The summed E-state index contributed by atoms with van der Waals surface area (Å²) in [6.07, 6.45) is 2.46. The van der Waals surface area contributed by atoms with Gasteiger partial charge in [0.2, 0.25) is 0 Å². The normalized spacial score (nSPS) is 15.9. The molecular formula is C24H32ClFN4O2S. The second-order valence-corrected chi connectivity index (χ2v) is 9.84. The summed E-state index contributed by atoms with van der Waals surface area (Å²) < 4.78 is 13.2. The van der Waals surface area contributed by atoms with Gasteiger partial charge in [-0.1, -0.05) is 11.6 Å². The standard InChI is InChI=1S/C24H32ClFN4O2S/c1-16-12-21(25)28-18(3)23(16)24(32)27-8-4-17(2)29-9-5-20(6-10-29)30(22(31)13-26)14-19-7-11-33-15-19/h7,11-12,15,17,20H,4-6,8-10,13-14H2,1-3H3,(H,27,32)/t17-/m1/s1. The summed E-state index contributed by atoms with van der Waals surface area (Å²) in [5, 5.41) is 7.37. The second-order valence-electron chi connectivity index (χ2n) is 8.67. The summed E-state index contributed by atoms with van der Waals surface area (Å²) in [5.74, 6) is -0.563. The SMILES string of the molecule is Cc1cc(Cl)nc(C)c1C(=O)NCC[C@@H](C)N1CCC(N(Cc2ccsc2)C(=O)CF)CC1. The van der Waals surface area contributed by atoms with Gasteiger partial charge in [0.25, 0.3) is 11.8 Å². The van der Waals surface area contributed by atoms with E-state index >= 15 is 0 Å². The number of nitrogens with one attached hydrogen (secondary N) is 1. The summed E-state index contributed by atoms with van der Waals surface area (Å²) in [5.41, 5.74) is 3.07. The van der Waals surface area contributed by atoms with Crippen molar-refractivity contribution in [3.8, 4) is 0 Å². The smallest absolute Gasteiger partial charge is 0.254 e. The van der Waals surface area contributed by atoms with Crippen LogP contribution in [-0.2, 0) is 11.3 Å². The predicted octanol–water partition coefficient (Wildman–Crippen LogP) is 4.38. The first-order chi connectivity index (χ1) is 15.8. The number of rotatable bonds is 9. The van der Waals surface area contributed by atoms with Crippen molar-refractivity contribution >= 4 is 34.8 Å². The van der Waals surface area contributed by atoms with Gasteiger partial charge in [0, 0.05) is 38.3 Å². The maximum Gasteiger partial charge on any atom is 0.254 e. The molecule has 0 bridgehead atoms. The van der Waals surface area contributed by atoms with Crippen LogP contribution >= 0.6 is 22.9 Å². The lowest BCUT2D eigenvalue weighted by atomic mass is 10.00. The molecule has 2 amide bonds. The van der Waals surface area contributed by atoms with Crippen molar-refractivity contribution in [2.24, 2.45) is 0 Å². The summed E-state index contributed by atoms with van der Waals surface area (Å²) in [6.45, 7) is 7.57. The molecule has 1 saturated heterocycles. The third-order valence-corrected chi connectivity index (χ3v) is 7.30. The van der Waals surface area contributed by atoms with Crippen LogP contribution in [-0.4, -0.2) is 65.0 Å². The van der Waals surface area contributed by atoms with Crippen LogP contribution in [0.25, 0.3) is 0 Å². The minimum atomic E-state index is -0.956. The van der Waals surface area contributed by atoms with Gasteiger partial charge in [-0.25, -0.2) is 9.37 Å². The molecule has 0 aliphatic carbocycles. The summed E-state index contributed by atoms with van der Waals surface area (Å²) in [6, 6.07) is 4.03. The summed E-state index contributed by atoms with van der Waals surface area (Å²) in [7, 11) is 0. The van der Waals surface area contributed by atoms with Crippen LogP contribution in [0.4, 0.5) is 4.39 Å². The molecule has 0 aromatic carbocycles. The Kier molecular flexibility index (Phi) is 9.23. The number of aryl methyl sites for hydroxylation is 2. The van der Waals surface area contributed by atoms with E-state index in [2.05, 4.69) is 22.1 Å². The van der Waals surface area contributed by atoms with Gasteiger partial charge in [0.05, 0.1) is 11.3 Å². The number of piperidine rings is 1. The van der Waals surface area contributed by atoms with Gasteiger partial charge in [-0.2, -0.15) is 11.3 Å². The lowest BCUT2D eigenvalue weighted by Crippen LogP contribution is -2.49. The molecule has 33 heavy (non-hydrogen) atoms. The lowest BCUT2D eigenvalue weighted by molar-refractivity contribution is -0.136. The Hall–Kier alpha value is -2.03. The van der Waals surface area contributed by atoms with Crippen LogP contribution in [0.1, 0.15) is 53.4 Å². The molecule has 180 valence electrons. The largest absolute Gasteiger partial charge is 0.352 e. The Morgan fingerprint density at radius 2 is 2.09 bits per heavy atom. The molecule has 2 aromatic heterocycles. The van der Waals surface area contributed by atoms with E-state index in [1.165, 1.54) is 0 Å².